The molecule has 2 N–H and O–H groups in total. The molecule has 0 heterocycles. The van der Waals surface area contributed by atoms with Gasteiger partial charge in [0.1, 0.15) is 5.75 Å². The van der Waals surface area contributed by atoms with E-state index in [-0.39, 0.29) is 5.41 Å². The van der Waals surface area contributed by atoms with Crippen LogP contribution in [0.5, 0.6) is 5.75 Å². The number of nitrogens with zero attached hydrogens (tertiary/aromatic N) is 1. The molecule has 5 nitrogen and oxygen atoms in total. The quantitative estimate of drug-likeness (QED) is 0.647. The Morgan fingerprint density at radius 2 is 2.26 bits per heavy atom. The third-order valence-corrected chi connectivity index (χ3v) is 3.38. The Morgan fingerprint density at radius 3 is 2.79 bits per heavy atom. The second kappa shape index (κ2) is 5.19. The molecule has 100 valence electrons. The smallest absolute Gasteiger partial charge is 0.337 e. The predicted octanol–water partition coefficient (Wildman–Crippen LogP) is 2.13. The van der Waals surface area contributed by atoms with Crippen molar-refractivity contribution in [3.63, 3.8) is 0 Å². The van der Waals surface area contributed by atoms with Gasteiger partial charge >= 0.3 is 5.97 Å². The van der Waals surface area contributed by atoms with Crippen molar-refractivity contribution in [3.05, 3.63) is 23.8 Å². The molecule has 0 saturated heterocycles. The van der Waals surface area contributed by atoms with Gasteiger partial charge in [-0.15, -0.1) is 0 Å². The van der Waals surface area contributed by atoms with Crippen LogP contribution in [-0.4, -0.2) is 19.7 Å². The largest absolute Gasteiger partial charge is 0.491 e. The average molecular weight is 260 g/mol. The zero-order valence-electron chi connectivity index (χ0n) is 10.8. The summed E-state index contributed by atoms with van der Waals surface area (Å²) in [6, 6.07) is 6.98. The molecule has 0 amide bonds. The number of esters is 1. The third-order valence-electron chi connectivity index (χ3n) is 3.38. The Bertz CT molecular complexity index is 530. The van der Waals surface area contributed by atoms with E-state index in [4.69, 9.17) is 15.7 Å². The van der Waals surface area contributed by atoms with Gasteiger partial charge in [-0.2, -0.15) is 5.26 Å². The number of carbonyl (C=O) groups excluding carboxylic acids is 1. The van der Waals surface area contributed by atoms with Gasteiger partial charge in [0.2, 0.25) is 0 Å². The normalized spacial score (nSPS) is 15.4. The first-order valence-corrected chi connectivity index (χ1v) is 6.08. The molecule has 0 bridgehead atoms. The number of ether oxygens (including phenoxy) is 2. The summed E-state index contributed by atoms with van der Waals surface area (Å²) in [4.78, 5) is 11.3. The number of anilines is 1. The first kappa shape index (κ1) is 13.2. The molecule has 19 heavy (non-hydrogen) atoms. The lowest BCUT2D eigenvalue weighted by molar-refractivity contribution is 0.0600. The molecule has 1 saturated carbocycles. The summed E-state index contributed by atoms with van der Waals surface area (Å²) in [6.07, 6.45) is 2.54. The fourth-order valence-electron chi connectivity index (χ4n) is 1.87. The zero-order valence-corrected chi connectivity index (χ0v) is 10.8. The van der Waals surface area contributed by atoms with Crippen LogP contribution in [0.25, 0.3) is 0 Å². The van der Waals surface area contributed by atoms with Gasteiger partial charge in [0.05, 0.1) is 31.0 Å². The number of hydrogen-bond donors (Lipinski definition) is 1. The highest BCUT2D eigenvalue weighted by Crippen LogP contribution is 2.48. The predicted molar refractivity (Wildman–Crippen MR) is 69.6 cm³/mol. The van der Waals surface area contributed by atoms with Gasteiger partial charge in [-0.3, -0.25) is 0 Å². The minimum Gasteiger partial charge on any atom is -0.491 e. The van der Waals surface area contributed by atoms with E-state index in [1.807, 2.05) is 0 Å². The monoisotopic (exact) mass is 260 g/mol. The third kappa shape index (κ3) is 2.97. The summed E-state index contributed by atoms with van der Waals surface area (Å²) in [6.45, 7) is 0.488. The SMILES string of the molecule is COC(=O)c1ccc(OCC2(CC#N)CC2)c(N)c1. The fourth-order valence-corrected chi connectivity index (χ4v) is 1.87. The van der Waals surface area contributed by atoms with Crippen LogP contribution in [0.15, 0.2) is 18.2 Å². The van der Waals surface area contributed by atoms with Crippen molar-refractivity contribution < 1.29 is 14.3 Å². The lowest BCUT2D eigenvalue weighted by Crippen LogP contribution is -2.13. The molecule has 0 aliphatic heterocycles. The second-order valence-corrected chi connectivity index (χ2v) is 4.87. The van der Waals surface area contributed by atoms with Gasteiger partial charge in [-0.1, -0.05) is 0 Å². The molecule has 0 aromatic heterocycles. The number of rotatable bonds is 5. The minimum absolute atomic E-state index is 0.00219. The first-order valence-electron chi connectivity index (χ1n) is 6.08. The molecule has 0 spiro atoms. The van der Waals surface area contributed by atoms with Crippen molar-refractivity contribution in [1.82, 2.24) is 0 Å². The van der Waals surface area contributed by atoms with Gasteiger partial charge in [-0.25, -0.2) is 4.79 Å². The Morgan fingerprint density at radius 1 is 1.53 bits per heavy atom. The van der Waals surface area contributed by atoms with E-state index in [1.165, 1.54) is 13.2 Å². The molecule has 1 aromatic rings. The van der Waals surface area contributed by atoms with E-state index in [2.05, 4.69) is 10.8 Å². The lowest BCUT2D eigenvalue weighted by atomic mass is 10.1. The topological polar surface area (TPSA) is 85.3 Å². The summed E-state index contributed by atoms with van der Waals surface area (Å²) < 4.78 is 10.3. The number of carbonyl (C=O) groups is 1. The molecule has 0 atom stereocenters. The van der Waals surface area contributed by atoms with Crippen molar-refractivity contribution >= 4 is 11.7 Å². The summed E-state index contributed by atoms with van der Waals surface area (Å²) in [5.74, 6) is 0.110. The van der Waals surface area contributed by atoms with E-state index < -0.39 is 5.97 Å². The van der Waals surface area contributed by atoms with Crippen LogP contribution >= 0.6 is 0 Å². The van der Waals surface area contributed by atoms with Crippen molar-refractivity contribution in [2.24, 2.45) is 5.41 Å². The Kier molecular flexibility index (Phi) is 3.61. The molecule has 5 heteroatoms. The molecule has 2 rings (SSSR count). The maximum absolute atomic E-state index is 11.3. The maximum Gasteiger partial charge on any atom is 0.337 e. The average Bonchev–Trinajstić information content (AvgIpc) is 3.17. The van der Waals surface area contributed by atoms with E-state index in [0.29, 0.717) is 30.0 Å². The van der Waals surface area contributed by atoms with Gasteiger partial charge in [-0.05, 0) is 31.0 Å². The standard InChI is InChI=1S/C14H16N2O3/c1-18-13(17)10-2-3-12(11(16)8-10)19-9-14(4-5-14)6-7-15/h2-3,8H,4-6,9,16H2,1H3. The Hall–Kier alpha value is -2.22. The summed E-state index contributed by atoms with van der Waals surface area (Å²) >= 11 is 0. The molecular weight excluding hydrogens is 244 g/mol. The number of nitriles is 1. The van der Waals surface area contributed by atoms with Crippen LogP contribution < -0.4 is 10.5 Å². The zero-order chi connectivity index (χ0) is 13.9. The molecule has 1 aliphatic rings. The van der Waals surface area contributed by atoms with Gasteiger partial charge < -0.3 is 15.2 Å². The van der Waals surface area contributed by atoms with Gasteiger partial charge in [0, 0.05) is 11.8 Å². The first-order chi connectivity index (χ1) is 9.10. The number of hydrogen-bond acceptors (Lipinski definition) is 5. The van der Waals surface area contributed by atoms with Crippen LogP contribution in [0.4, 0.5) is 5.69 Å². The number of nitrogens with two attached hydrogens (primary N) is 1. The van der Waals surface area contributed by atoms with Crippen molar-refractivity contribution in [2.75, 3.05) is 19.5 Å². The van der Waals surface area contributed by atoms with Crippen LogP contribution in [0, 0.1) is 16.7 Å². The Balaban J connectivity index is 2.02. The number of benzene rings is 1. The molecule has 1 aliphatic carbocycles. The molecular formula is C14H16N2O3. The van der Waals surface area contributed by atoms with E-state index in [0.717, 1.165) is 12.8 Å². The highest BCUT2D eigenvalue weighted by Gasteiger charge is 2.43. The lowest BCUT2D eigenvalue weighted by Gasteiger charge is -2.14. The number of nitrogen functional groups attached to an aromatic ring is 1. The molecule has 1 fully saturated rings. The fraction of sp³-hybridized carbons (Fsp3) is 0.429. The second-order valence-electron chi connectivity index (χ2n) is 4.87. The van der Waals surface area contributed by atoms with Crippen molar-refractivity contribution in [1.29, 1.82) is 5.26 Å². The number of methoxy groups -OCH3 is 1. The molecule has 1 aromatic carbocycles. The molecule has 0 radical (unpaired) electrons. The maximum atomic E-state index is 11.3. The van der Waals surface area contributed by atoms with E-state index >= 15 is 0 Å². The summed E-state index contributed by atoms with van der Waals surface area (Å²) in [5, 5.41) is 8.74. The van der Waals surface area contributed by atoms with Crippen LogP contribution in [0.3, 0.4) is 0 Å². The van der Waals surface area contributed by atoms with Crippen LogP contribution in [0.2, 0.25) is 0 Å². The Labute approximate surface area is 111 Å². The van der Waals surface area contributed by atoms with E-state index in [9.17, 15) is 4.79 Å². The van der Waals surface area contributed by atoms with Crippen LogP contribution in [-0.2, 0) is 4.74 Å². The van der Waals surface area contributed by atoms with Crippen LogP contribution in [0.1, 0.15) is 29.6 Å². The van der Waals surface area contributed by atoms with Crippen molar-refractivity contribution in [2.45, 2.75) is 19.3 Å². The summed E-state index contributed by atoms with van der Waals surface area (Å²) in [7, 11) is 1.32. The van der Waals surface area contributed by atoms with Gasteiger partial charge in [0.15, 0.2) is 0 Å². The highest BCUT2D eigenvalue weighted by molar-refractivity contribution is 5.90. The van der Waals surface area contributed by atoms with E-state index in [1.54, 1.807) is 12.1 Å². The molecule has 0 unspecified atom stereocenters. The van der Waals surface area contributed by atoms with Gasteiger partial charge in [0.25, 0.3) is 0 Å². The highest BCUT2D eigenvalue weighted by atomic mass is 16.5. The summed E-state index contributed by atoms with van der Waals surface area (Å²) in [5.41, 5.74) is 6.63. The van der Waals surface area contributed by atoms with Crippen molar-refractivity contribution in [3.8, 4) is 11.8 Å². The minimum atomic E-state index is -0.429.